The molecule has 0 saturated heterocycles. The molecule has 1 N–H and O–H groups in total. The molecule has 1 aromatic rings. The van der Waals surface area contributed by atoms with Crippen molar-refractivity contribution in [3.63, 3.8) is 0 Å². The maximum absolute atomic E-state index is 12.1. The summed E-state index contributed by atoms with van der Waals surface area (Å²) in [5.41, 5.74) is 2.14. The fourth-order valence-corrected chi connectivity index (χ4v) is 2.53. The van der Waals surface area contributed by atoms with Crippen LogP contribution in [0.5, 0.6) is 5.75 Å². The van der Waals surface area contributed by atoms with Crippen LogP contribution >= 0.6 is 0 Å². The van der Waals surface area contributed by atoms with Gasteiger partial charge in [0.15, 0.2) is 0 Å². The van der Waals surface area contributed by atoms with Crippen molar-refractivity contribution >= 4 is 5.97 Å². The monoisotopic (exact) mass is 382 g/mol. The number of rotatable bonds is 13. The van der Waals surface area contributed by atoms with Gasteiger partial charge in [0.2, 0.25) is 0 Å². The molecule has 1 unspecified atom stereocenters. The summed E-state index contributed by atoms with van der Waals surface area (Å²) in [6.45, 7) is 11.7. The largest absolute Gasteiger partial charge is 0.489 e. The predicted octanol–water partition coefficient (Wildman–Crippen LogP) is 3.40. The second-order valence-corrected chi connectivity index (χ2v) is 6.74. The number of carbonyl (C=O) groups excluding carboxylic acids is 1. The lowest BCUT2D eigenvalue weighted by Crippen LogP contribution is -2.33. The number of benzene rings is 1. The first-order valence-electron chi connectivity index (χ1n) is 9.60. The van der Waals surface area contributed by atoms with Crippen molar-refractivity contribution in [1.29, 1.82) is 0 Å². The maximum Gasteiger partial charge on any atom is 0.314 e. The van der Waals surface area contributed by atoms with Crippen LogP contribution in [0.3, 0.4) is 0 Å². The third-order valence-electron chi connectivity index (χ3n) is 4.50. The van der Waals surface area contributed by atoms with E-state index in [-0.39, 0.29) is 19.8 Å². The Bertz CT molecular complexity index is 551. The molecular weight excluding hydrogens is 348 g/mol. The van der Waals surface area contributed by atoms with E-state index in [9.17, 15) is 9.90 Å². The summed E-state index contributed by atoms with van der Waals surface area (Å²) in [6, 6.07) is 4.07. The smallest absolute Gasteiger partial charge is 0.314 e. The molecule has 0 aliphatic rings. The molecule has 1 atom stereocenters. The van der Waals surface area contributed by atoms with E-state index in [1.165, 1.54) is 0 Å². The van der Waals surface area contributed by atoms with Gasteiger partial charge in [-0.3, -0.25) is 4.79 Å². The average molecular weight is 382 g/mol. The van der Waals surface area contributed by atoms with E-state index in [2.05, 4.69) is 0 Å². The minimum atomic E-state index is -0.871. The fraction of sp³-hybridized carbons (Fsp3) is 0.667. The molecule has 0 aromatic heterocycles. The molecule has 0 aliphatic heterocycles. The Kier molecular flexibility index (Phi) is 10.4. The molecule has 0 aliphatic carbocycles. The van der Waals surface area contributed by atoms with Crippen LogP contribution < -0.4 is 4.74 Å². The van der Waals surface area contributed by atoms with Gasteiger partial charge in [0.1, 0.15) is 19.0 Å². The number of ether oxygens (including phenoxy) is 4. The first kappa shape index (κ1) is 23.4. The van der Waals surface area contributed by atoms with Gasteiger partial charge in [-0.1, -0.05) is 24.6 Å². The van der Waals surface area contributed by atoms with Crippen molar-refractivity contribution in [2.24, 2.45) is 5.41 Å². The standard InChI is InChI=1S/C21H34O6/c1-6-21(5,15-22)20(23)27-10-9-26-19-17(13-24-7-2)11-16(4)12-18(19)14-25-8-3/h11-12,22H,6-10,13-15H2,1-5H3. The second kappa shape index (κ2) is 12.0. The Morgan fingerprint density at radius 2 is 1.59 bits per heavy atom. The highest BCUT2D eigenvalue weighted by Gasteiger charge is 2.32. The van der Waals surface area contributed by atoms with E-state index in [1.807, 2.05) is 39.8 Å². The van der Waals surface area contributed by atoms with E-state index in [1.54, 1.807) is 6.92 Å². The number of hydrogen-bond donors (Lipinski definition) is 1. The van der Waals surface area contributed by atoms with E-state index < -0.39 is 11.4 Å². The molecule has 6 heteroatoms. The quantitative estimate of drug-likeness (QED) is 0.416. The van der Waals surface area contributed by atoms with E-state index in [0.717, 1.165) is 22.4 Å². The molecule has 1 aromatic carbocycles. The molecule has 0 amide bonds. The van der Waals surface area contributed by atoms with E-state index in [0.29, 0.717) is 32.8 Å². The fourth-order valence-electron chi connectivity index (χ4n) is 2.53. The van der Waals surface area contributed by atoms with Crippen LogP contribution in [0, 0.1) is 12.3 Å². The Balaban J connectivity index is 2.80. The number of aliphatic hydroxyl groups is 1. The van der Waals surface area contributed by atoms with Crippen LogP contribution in [0.25, 0.3) is 0 Å². The molecule has 0 bridgehead atoms. The molecule has 154 valence electrons. The molecule has 27 heavy (non-hydrogen) atoms. The van der Waals surface area contributed by atoms with Gasteiger partial charge in [-0.25, -0.2) is 0 Å². The van der Waals surface area contributed by atoms with Crippen molar-refractivity contribution < 1.29 is 28.8 Å². The van der Waals surface area contributed by atoms with Gasteiger partial charge in [0.25, 0.3) is 0 Å². The number of aliphatic hydroxyl groups excluding tert-OH is 1. The number of carbonyl (C=O) groups is 1. The lowest BCUT2D eigenvalue weighted by atomic mass is 9.89. The van der Waals surface area contributed by atoms with Gasteiger partial charge < -0.3 is 24.1 Å². The maximum atomic E-state index is 12.1. The van der Waals surface area contributed by atoms with Crippen LogP contribution in [-0.4, -0.2) is 44.1 Å². The zero-order valence-electron chi connectivity index (χ0n) is 17.3. The average Bonchev–Trinajstić information content (AvgIpc) is 2.67. The third-order valence-corrected chi connectivity index (χ3v) is 4.50. The molecule has 0 radical (unpaired) electrons. The van der Waals surface area contributed by atoms with Gasteiger partial charge in [-0.2, -0.15) is 0 Å². The molecular formula is C21H34O6. The molecule has 0 spiro atoms. The summed E-state index contributed by atoms with van der Waals surface area (Å²) in [5, 5.41) is 9.39. The first-order chi connectivity index (χ1) is 12.9. The normalized spacial score (nSPS) is 13.3. The van der Waals surface area contributed by atoms with Crippen LogP contribution in [0.4, 0.5) is 0 Å². The summed E-state index contributed by atoms with van der Waals surface area (Å²) in [4.78, 5) is 12.1. The van der Waals surface area contributed by atoms with Crippen LogP contribution in [0.1, 0.15) is 50.8 Å². The van der Waals surface area contributed by atoms with Crippen molar-refractivity contribution in [3.05, 3.63) is 28.8 Å². The Labute approximate surface area is 162 Å². The second-order valence-electron chi connectivity index (χ2n) is 6.74. The zero-order valence-corrected chi connectivity index (χ0v) is 17.3. The van der Waals surface area contributed by atoms with Crippen LogP contribution in [-0.2, 0) is 32.2 Å². The van der Waals surface area contributed by atoms with Crippen LogP contribution in [0.15, 0.2) is 12.1 Å². The number of aryl methyl sites for hydroxylation is 1. The molecule has 0 heterocycles. The number of hydrogen-bond acceptors (Lipinski definition) is 6. The summed E-state index contributed by atoms with van der Waals surface area (Å²) in [7, 11) is 0. The van der Waals surface area contributed by atoms with E-state index >= 15 is 0 Å². The van der Waals surface area contributed by atoms with Gasteiger partial charge in [-0.05, 0) is 34.1 Å². The van der Waals surface area contributed by atoms with Crippen molar-refractivity contribution in [2.75, 3.05) is 33.0 Å². The highest BCUT2D eigenvalue weighted by Crippen LogP contribution is 2.28. The summed E-state index contributed by atoms with van der Waals surface area (Å²) in [5.74, 6) is 0.308. The lowest BCUT2D eigenvalue weighted by Gasteiger charge is -2.23. The highest BCUT2D eigenvalue weighted by molar-refractivity contribution is 5.76. The van der Waals surface area contributed by atoms with Gasteiger partial charge in [0, 0.05) is 24.3 Å². The highest BCUT2D eigenvalue weighted by atomic mass is 16.6. The Hall–Kier alpha value is -1.63. The topological polar surface area (TPSA) is 74.2 Å². The number of esters is 1. The summed E-state index contributed by atoms with van der Waals surface area (Å²) in [6.07, 6.45) is 0.512. The third kappa shape index (κ3) is 7.13. The minimum absolute atomic E-state index is 0.116. The Morgan fingerprint density at radius 1 is 1.04 bits per heavy atom. The minimum Gasteiger partial charge on any atom is -0.489 e. The van der Waals surface area contributed by atoms with Gasteiger partial charge in [-0.15, -0.1) is 0 Å². The summed E-state index contributed by atoms with van der Waals surface area (Å²) >= 11 is 0. The van der Waals surface area contributed by atoms with E-state index in [4.69, 9.17) is 18.9 Å². The zero-order chi connectivity index (χ0) is 20.3. The lowest BCUT2D eigenvalue weighted by molar-refractivity contribution is -0.158. The molecule has 6 nitrogen and oxygen atoms in total. The molecule has 0 fully saturated rings. The summed E-state index contributed by atoms with van der Waals surface area (Å²) < 4.78 is 22.4. The van der Waals surface area contributed by atoms with Crippen LogP contribution in [0.2, 0.25) is 0 Å². The molecule has 0 saturated carbocycles. The molecule has 1 rings (SSSR count). The van der Waals surface area contributed by atoms with Crippen molar-refractivity contribution in [3.8, 4) is 5.75 Å². The van der Waals surface area contributed by atoms with Crippen molar-refractivity contribution in [1.82, 2.24) is 0 Å². The van der Waals surface area contributed by atoms with Crippen molar-refractivity contribution in [2.45, 2.75) is 54.3 Å². The van der Waals surface area contributed by atoms with Gasteiger partial charge in [0.05, 0.1) is 25.2 Å². The first-order valence-corrected chi connectivity index (χ1v) is 9.60. The van der Waals surface area contributed by atoms with Gasteiger partial charge >= 0.3 is 5.97 Å². The SMILES string of the molecule is CCOCc1cc(C)cc(COCC)c1OCCOC(=O)C(C)(CC)CO. The Morgan fingerprint density at radius 3 is 2.04 bits per heavy atom. The predicted molar refractivity (Wildman–Crippen MR) is 104 cm³/mol.